The number of aryl methyl sites for hydroxylation is 2. The second-order valence-electron chi connectivity index (χ2n) is 10.8. The van der Waals surface area contributed by atoms with E-state index in [1.54, 1.807) is 7.11 Å². The lowest BCUT2D eigenvalue weighted by molar-refractivity contribution is -0.150. The summed E-state index contributed by atoms with van der Waals surface area (Å²) in [4.78, 5) is 20.2. The molecule has 0 spiro atoms. The summed E-state index contributed by atoms with van der Waals surface area (Å²) < 4.78 is 14.6. The Hall–Kier alpha value is -2.42. The molecule has 7 nitrogen and oxygen atoms in total. The lowest BCUT2D eigenvalue weighted by Crippen LogP contribution is -2.43. The lowest BCUT2D eigenvalue weighted by Gasteiger charge is -2.30. The number of nitrogens with zero attached hydrogens (tertiary/aromatic N) is 3. The Balaban J connectivity index is 1.80. The molecule has 1 fully saturated rings. The molecule has 2 aliphatic rings. The molecule has 3 aromatic rings. The number of piperazine rings is 1. The van der Waals surface area contributed by atoms with Crippen LogP contribution in [0.4, 0.5) is 5.69 Å². The van der Waals surface area contributed by atoms with Crippen molar-refractivity contribution in [2.75, 3.05) is 45.3 Å². The number of benzene rings is 1. The molecular weight excluding hydrogens is 532 g/mol. The largest absolute Gasteiger partial charge is 0.469 e. The average Bonchev–Trinajstić information content (AvgIpc) is 3.20. The van der Waals surface area contributed by atoms with Gasteiger partial charge in [0.15, 0.2) is 0 Å². The molecule has 0 radical (unpaired) electrons. The van der Waals surface area contributed by atoms with Crippen LogP contribution in [-0.2, 0) is 33.7 Å². The molecule has 1 atom stereocenters. The number of halogens is 1. The minimum absolute atomic E-state index is 0.172. The quantitative estimate of drug-likeness (QED) is 0.391. The second-order valence-corrected chi connectivity index (χ2v) is 11.8. The van der Waals surface area contributed by atoms with Crippen LogP contribution in [-0.4, -0.2) is 55.9 Å². The molecule has 4 heterocycles. The number of aromatic nitrogens is 2. The number of pyridine rings is 1. The molecule has 2 aliphatic heterocycles. The molecule has 0 saturated carbocycles. The smallest absolute Gasteiger partial charge is 0.311 e. The monoisotopic (exact) mass is 568 g/mol. The molecular formula is C29H37BrN4O3. The van der Waals surface area contributed by atoms with Crippen molar-refractivity contribution < 1.29 is 14.3 Å². The summed E-state index contributed by atoms with van der Waals surface area (Å²) in [5, 5.41) is 4.64. The van der Waals surface area contributed by atoms with Gasteiger partial charge in [-0.05, 0) is 69.4 Å². The van der Waals surface area contributed by atoms with E-state index in [9.17, 15) is 4.79 Å². The maximum absolute atomic E-state index is 12.8. The van der Waals surface area contributed by atoms with Gasteiger partial charge in [0.2, 0.25) is 0 Å². The van der Waals surface area contributed by atoms with Gasteiger partial charge in [-0.25, -0.2) is 0 Å². The summed E-state index contributed by atoms with van der Waals surface area (Å²) in [5.41, 5.74) is 7.36. The third kappa shape index (κ3) is 4.79. The van der Waals surface area contributed by atoms with Crippen LogP contribution in [0.3, 0.4) is 0 Å². The summed E-state index contributed by atoms with van der Waals surface area (Å²) in [5.74, 6) is -0.206. The van der Waals surface area contributed by atoms with E-state index >= 15 is 0 Å². The number of carbonyl (C=O) groups excluding carboxylic acids is 1. The van der Waals surface area contributed by atoms with Crippen LogP contribution in [0.2, 0.25) is 0 Å². The molecule has 0 amide bonds. The number of anilines is 1. The fraction of sp³-hybridized carbons (Fsp3) is 0.517. The number of carbonyl (C=O) groups is 1. The molecule has 198 valence electrons. The van der Waals surface area contributed by atoms with Gasteiger partial charge in [0.25, 0.3) is 0 Å². The van der Waals surface area contributed by atoms with E-state index in [1.165, 1.54) is 29.1 Å². The number of hydrogen-bond acceptors (Lipinski definition) is 6. The summed E-state index contributed by atoms with van der Waals surface area (Å²) in [7, 11) is 3.20. The maximum atomic E-state index is 12.8. The first-order chi connectivity index (χ1) is 17.7. The van der Waals surface area contributed by atoms with Crippen molar-refractivity contribution in [2.24, 2.45) is 5.41 Å². The van der Waals surface area contributed by atoms with E-state index in [-0.39, 0.29) is 12.1 Å². The number of methoxy groups -OCH3 is 2. The number of rotatable bonds is 7. The highest BCUT2D eigenvalue weighted by atomic mass is 79.9. The van der Waals surface area contributed by atoms with Gasteiger partial charge in [-0.3, -0.25) is 9.78 Å². The highest BCUT2D eigenvalue weighted by Crippen LogP contribution is 2.45. The molecule has 2 aromatic heterocycles. The molecule has 1 N–H and O–H groups in total. The molecule has 8 heteroatoms. The first-order valence-electron chi connectivity index (χ1n) is 13.2. The number of nitrogens with one attached hydrogen (secondary N) is 1. The predicted molar refractivity (Wildman–Crippen MR) is 151 cm³/mol. The van der Waals surface area contributed by atoms with Crippen molar-refractivity contribution in [2.45, 2.75) is 52.7 Å². The third-order valence-corrected chi connectivity index (χ3v) is 8.33. The van der Waals surface area contributed by atoms with E-state index in [0.29, 0.717) is 6.42 Å². The van der Waals surface area contributed by atoms with Crippen molar-refractivity contribution in [3.05, 3.63) is 45.7 Å². The van der Waals surface area contributed by atoms with Crippen molar-refractivity contribution in [1.29, 1.82) is 0 Å². The third-order valence-electron chi connectivity index (χ3n) is 7.87. The summed E-state index contributed by atoms with van der Waals surface area (Å²) in [6.45, 7) is 10.7. The topological polar surface area (TPSA) is 68.6 Å². The zero-order chi connectivity index (χ0) is 26.3. The number of esters is 1. The highest BCUT2D eigenvalue weighted by Gasteiger charge is 2.35. The lowest BCUT2D eigenvalue weighted by atomic mass is 9.83. The Morgan fingerprint density at radius 2 is 1.95 bits per heavy atom. The SMILES string of the molecule is COC(=O)C(C)(C)Cc1c(-c2cc(N3CCNCC3)cnc2C(C)OC)n2c3c(cc(Br)cc13)CCC2. The molecule has 1 unspecified atom stereocenters. The van der Waals surface area contributed by atoms with E-state index in [0.717, 1.165) is 72.7 Å². The Morgan fingerprint density at radius 1 is 1.19 bits per heavy atom. The first-order valence-corrected chi connectivity index (χ1v) is 13.9. The van der Waals surface area contributed by atoms with Crippen molar-refractivity contribution in [3.63, 3.8) is 0 Å². The zero-order valence-electron chi connectivity index (χ0n) is 22.5. The van der Waals surface area contributed by atoms with Crippen LogP contribution >= 0.6 is 15.9 Å². The Labute approximate surface area is 227 Å². The summed E-state index contributed by atoms with van der Waals surface area (Å²) in [6.07, 6.45) is 4.49. The van der Waals surface area contributed by atoms with Gasteiger partial charge in [-0.1, -0.05) is 15.9 Å². The first kappa shape index (κ1) is 26.2. The van der Waals surface area contributed by atoms with Gasteiger partial charge in [-0.15, -0.1) is 0 Å². The minimum atomic E-state index is -0.685. The summed E-state index contributed by atoms with van der Waals surface area (Å²) >= 11 is 3.76. The Morgan fingerprint density at radius 3 is 2.65 bits per heavy atom. The van der Waals surface area contributed by atoms with E-state index in [4.69, 9.17) is 14.5 Å². The molecule has 0 aliphatic carbocycles. The predicted octanol–water partition coefficient (Wildman–Crippen LogP) is 5.27. The van der Waals surface area contributed by atoms with Crippen LogP contribution < -0.4 is 10.2 Å². The van der Waals surface area contributed by atoms with Crippen LogP contribution in [0.1, 0.15) is 50.1 Å². The van der Waals surface area contributed by atoms with Gasteiger partial charge in [0.05, 0.1) is 47.4 Å². The fourth-order valence-corrected chi connectivity index (χ4v) is 6.42. The molecule has 5 rings (SSSR count). The normalized spacial score (nSPS) is 16.8. The van der Waals surface area contributed by atoms with E-state index < -0.39 is 5.41 Å². The standard InChI is InChI=1S/C29H37BrN4O3/c1-18(36-4)25-23(15-21(17-32-25)33-11-8-31-9-12-33)27-24(16-29(2,3)28(35)37-5)22-14-20(30)13-19-7-6-10-34(27)26(19)22/h13-15,17-18,31H,6-12,16H2,1-5H3. The van der Waals surface area contributed by atoms with Crippen LogP contribution in [0, 0.1) is 5.41 Å². The number of hydrogen-bond donors (Lipinski definition) is 1. The zero-order valence-corrected chi connectivity index (χ0v) is 24.1. The molecule has 0 bridgehead atoms. The highest BCUT2D eigenvalue weighted by molar-refractivity contribution is 9.10. The Kier molecular flexibility index (Phi) is 7.35. The average molecular weight is 570 g/mol. The van der Waals surface area contributed by atoms with Crippen LogP contribution in [0.5, 0.6) is 0 Å². The molecule has 1 aromatic carbocycles. The number of ether oxygens (including phenoxy) is 2. The van der Waals surface area contributed by atoms with Gasteiger partial charge >= 0.3 is 5.97 Å². The van der Waals surface area contributed by atoms with E-state index in [1.807, 2.05) is 20.0 Å². The summed E-state index contributed by atoms with van der Waals surface area (Å²) in [6, 6.07) is 6.74. The van der Waals surface area contributed by atoms with Gasteiger partial charge in [0.1, 0.15) is 0 Å². The minimum Gasteiger partial charge on any atom is -0.469 e. The molecule has 37 heavy (non-hydrogen) atoms. The van der Waals surface area contributed by atoms with Crippen molar-refractivity contribution in [3.8, 4) is 11.3 Å². The van der Waals surface area contributed by atoms with Crippen molar-refractivity contribution in [1.82, 2.24) is 14.9 Å². The second kappa shape index (κ2) is 10.4. The van der Waals surface area contributed by atoms with Crippen LogP contribution in [0.25, 0.3) is 22.2 Å². The van der Waals surface area contributed by atoms with Crippen LogP contribution in [0.15, 0.2) is 28.9 Å². The maximum Gasteiger partial charge on any atom is 0.311 e. The van der Waals surface area contributed by atoms with Gasteiger partial charge < -0.3 is 24.3 Å². The Bertz CT molecular complexity index is 1330. The fourth-order valence-electron chi connectivity index (χ4n) is 5.91. The van der Waals surface area contributed by atoms with Crippen molar-refractivity contribution >= 4 is 38.5 Å². The van der Waals surface area contributed by atoms with E-state index in [2.05, 4.69) is 55.8 Å². The van der Waals surface area contributed by atoms with Gasteiger partial charge in [-0.2, -0.15) is 0 Å². The molecule has 1 saturated heterocycles. The van der Waals surface area contributed by atoms with Gasteiger partial charge in [0, 0.05) is 55.3 Å².